The minimum atomic E-state index is 0.920. The molecule has 1 aliphatic rings. The van der Waals surface area contributed by atoms with Crippen LogP contribution < -0.4 is 5.32 Å². The van der Waals surface area contributed by atoms with Gasteiger partial charge in [0.2, 0.25) is 0 Å². The Morgan fingerprint density at radius 3 is 3.00 bits per heavy atom. The summed E-state index contributed by atoms with van der Waals surface area (Å²) >= 11 is 3.64. The second-order valence-electron chi connectivity index (χ2n) is 4.51. The molecule has 0 bridgehead atoms. The van der Waals surface area contributed by atoms with Gasteiger partial charge in [-0.05, 0) is 68.2 Å². The lowest BCUT2D eigenvalue weighted by molar-refractivity contribution is 0.647. The number of nitrogens with one attached hydrogen (secondary N) is 1. The molecule has 0 radical (unpaired) electrons. The fourth-order valence-corrected chi connectivity index (χ4v) is 2.63. The van der Waals surface area contributed by atoms with Crippen LogP contribution in [0.2, 0.25) is 0 Å². The summed E-state index contributed by atoms with van der Waals surface area (Å²) in [6, 6.07) is 0. The van der Waals surface area contributed by atoms with Crippen LogP contribution in [0, 0.1) is 6.92 Å². The molecule has 1 fully saturated rings. The quantitative estimate of drug-likeness (QED) is 0.909. The number of aryl methyl sites for hydroxylation is 2. The minimum absolute atomic E-state index is 0.920. The van der Waals surface area contributed by atoms with Gasteiger partial charge in [-0.3, -0.25) is 4.68 Å². The van der Waals surface area contributed by atoms with Crippen molar-refractivity contribution in [3.05, 3.63) is 21.4 Å². The van der Waals surface area contributed by atoms with E-state index in [9.17, 15) is 0 Å². The second kappa shape index (κ2) is 5.83. The SMILES string of the molecule is CCn1nc(C)c(Br)c1/C=C1/CCCNCC1. The highest BCUT2D eigenvalue weighted by molar-refractivity contribution is 9.10. The van der Waals surface area contributed by atoms with E-state index in [1.165, 1.54) is 24.1 Å². The molecule has 0 spiro atoms. The van der Waals surface area contributed by atoms with Gasteiger partial charge in [-0.1, -0.05) is 5.57 Å². The van der Waals surface area contributed by atoms with Crippen LogP contribution in [-0.2, 0) is 6.54 Å². The molecule has 1 aliphatic heterocycles. The van der Waals surface area contributed by atoms with Gasteiger partial charge >= 0.3 is 0 Å². The number of halogens is 1. The van der Waals surface area contributed by atoms with E-state index in [0.29, 0.717) is 0 Å². The molecule has 2 heterocycles. The maximum absolute atomic E-state index is 4.53. The van der Waals surface area contributed by atoms with Crippen molar-refractivity contribution in [3.63, 3.8) is 0 Å². The molecular weight excluding hydrogens is 278 g/mol. The van der Waals surface area contributed by atoms with Crippen molar-refractivity contribution in [3.8, 4) is 0 Å². The third-order valence-corrected chi connectivity index (χ3v) is 4.19. The lowest BCUT2D eigenvalue weighted by Crippen LogP contribution is -2.13. The van der Waals surface area contributed by atoms with Crippen LogP contribution in [0.4, 0.5) is 0 Å². The maximum atomic E-state index is 4.53. The van der Waals surface area contributed by atoms with Gasteiger partial charge in [0.15, 0.2) is 0 Å². The predicted octanol–water partition coefficient (Wildman–Crippen LogP) is 3.13. The van der Waals surface area contributed by atoms with E-state index in [4.69, 9.17) is 0 Å². The summed E-state index contributed by atoms with van der Waals surface area (Å²) in [4.78, 5) is 0. The Kier molecular flexibility index (Phi) is 4.40. The highest BCUT2D eigenvalue weighted by Gasteiger charge is 2.11. The number of hydrogen-bond acceptors (Lipinski definition) is 2. The van der Waals surface area contributed by atoms with Gasteiger partial charge in [0.1, 0.15) is 0 Å². The number of aromatic nitrogens is 2. The van der Waals surface area contributed by atoms with Crippen LogP contribution in [0.1, 0.15) is 37.6 Å². The molecule has 4 heteroatoms. The van der Waals surface area contributed by atoms with Crippen molar-refractivity contribution in [2.75, 3.05) is 13.1 Å². The average Bonchev–Trinajstić information content (AvgIpc) is 2.54. The Hall–Kier alpha value is -0.610. The molecule has 1 aromatic rings. The number of rotatable bonds is 2. The number of nitrogens with zero attached hydrogens (tertiary/aromatic N) is 2. The summed E-state index contributed by atoms with van der Waals surface area (Å²) in [6.45, 7) is 7.35. The summed E-state index contributed by atoms with van der Waals surface area (Å²) < 4.78 is 3.22. The van der Waals surface area contributed by atoms with Gasteiger partial charge in [0.05, 0.1) is 15.9 Å². The normalized spacial score (nSPS) is 19.6. The zero-order valence-corrected chi connectivity index (χ0v) is 12.2. The Labute approximate surface area is 111 Å². The molecule has 3 nitrogen and oxygen atoms in total. The molecule has 0 atom stereocenters. The standard InChI is InChI=1S/C13H20BrN3/c1-3-17-12(13(14)10(2)16-17)9-11-5-4-7-15-8-6-11/h9,15H,3-8H2,1-2H3/b11-9-. The summed E-state index contributed by atoms with van der Waals surface area (Å²) in [7, 11) is 0. The molecule has 0 saturated carbocycles. The Morgan fingerprint density at radius 1 is 1.41 bits per heavy atom. The van der Waals surface area contributed by atoms with Gasteiger partial charge in [0.25, 0.3) is 0 Å². The highest BCUT2D eigenvalue weighted by Crippen LogP contribution is 2.25. The van der Waals surface area contributed by atoms with E-state index in [1.807, 2.05) is 6.92 Å². The molecule has 0 aliphatic carbocycles. The van der Waals surface area contributed by atoms with Crippen LogP contribution in [-0.4, -0.2) is 22.9 Å². The molecule has 1 N–H and O–H groups in total. The lowest BCUT2D eigenvalue weighted by Gasteiger charge is -2.05. The van der Waals surface area contributed by atoms with E-state index in [0.717, 1.165) is 36.2 Å². The first-order valence-electron chi connectivity index (χ1n) is 6.35. The van der Waals surface area contributed by atoms with E-state index in [-0.39, 0.29) is 0 Å². The van der Waals surface area contributed by atoms with Crippen LogP contribution in [0.3, 0.4) is 0 Å². The third kappa shape index (κ3) is 2.99. The Balaban J connectivity index is 2.29. The van der Waals surface area contributed by atoms with E-state index < -0.39 is 0 Å². The summed E-state index contributed by atoms with van der Waals surface area (Å²) in [5.41, 5.74) is 3.83. The smallest absolute Gasteiger partial charge is 0.0754 e. The summed E-state index contributed by atoms with van der Waals surface area (Å²) in [5.74, 6) is 0. The van der Waals surface area contributed by atoms with Crippen molar-refractivity contribution in [2.45, 2.75) is 39.7 Å². The predicted molar refractivity (Wildman–Crippen MR) is 75.0 cm³/mol. The van der Waals surface area contributed by atoms with Crippen LogP contribution in [0.5, 0.6) is 0 Å². The van der Waals surface area contributed by atoms with E-state index in [2.05, 4.69) is 44.0 Å². The first kappa shape index (κ1) is 12.8. The molecule has 94 valence electrons. The number of hydrogen-bond donors (Lipinski definition) is 1. The molecule has 17 heavy (non-hydrogen) atoms. The van der Waals surface area contributed by atoms with E-state index in [1.54, 1.807) is 0 Å². The Morgan fingerprint density at radius 2 is 2.24 bits per heavy atom. The largest absolute Gasteiger partial charge is 0.316 e. The summed E-state index contributed by atoms with van der Waals surface area (Å²) in [5, 5.41) is 7.96. The van der Waals surface area contributed by atoms with Crippen LogP contribution in [0.25, 0.3) is 6.08 Å². The first-order chi connectivity index (χ1) is 8.22. The van der Waals surface area contributed by atoms with Crippen molar-refractivity contribution >= 4 is 22.0 Å². The monoisotopic (exact) mass is 297 g/mol. The van der Waals surface area contributed by atoms with Crippen LogP contribution in [0.15, 0.2) is 10.0 Å². The fraction of sp³-hybridized carbons (Fsp3) is 0.615. The second-order valence-corrected chi connectivity index (χ2v) is 5.30. The first-order valence-corrected chi connectivity index (χ1v) is 7.14. The van der Waals surface area contributed by atoms with Gasteiger partial charge in [-0.2, -0.15) is 5.10 Å². The van der Waals surface area contributed by atoms with Gasteiger partial charge in [-0.15, -0.1) is 0 Å². The molecule has 2 rings (SSSR count). The molecule has 0 aromatic carbocycles. The average molecular weight is 298 g/mol. The highest BCUT2D eigenvalue weighted by atomic mass is 79.9. The zero-order chi connectivity index (χ0) is 12.3. The van der Waals surface area contributed by atoms with Crippen molar-refractivity contribution in [2.24, 2.45) is 0 Å². The van der Waals surface area contributed by atoms with Crippen molar-refractivity contribution < 1.29 is 0 Å². The van der Waals surface area contributed by atoms with Gasteiger partial charge in [0, 0.05) is 6.54 Å². The van der Waals surface area contributed by atoms with Gasteiger partial charge < -0.3 is 5.32 Å². The van der Waals surface area contributed by atoms with Crippen molar-refractivity contribution in [1.29, 1.82) is 0 Å². The third-order valence-electron chi connectivity index (χ3n) is 3.21. The molecule has 0 amide bonds. The molecule has 1 saturated heterocycles. The molecular formula is C13H20BrN3. The molecule has 0 unspecified atom stereocenters. The summed E-state index contributed by atoms with van der Waals surface area (Å²) in [6.07, 6.45) is 5.91. The lowest BCUT2D eigenvalue weighted by atomic mass is 10.1. The Bertz CT molecular complexity index is 411. The minimum Gasteiger partial charge on any atom is -0.316 e. The molecule has 1 aromatic heterocycles. The van der Waals surface area contributed by atoms with E-state index >= 15 is 0 Å². The van der Waals surface area contributed by atoms with Crippen LogP contribution >= 0.6 is 15.9 Å². The fourth-order valence-electron chi connectivity index (χ4n) is 2.23. The van der Waals surface area contributed by atoms with Gasteiger partial charge in [-0.25, -0.2) is 0 Å². The zero-order valence-electron chi connectivity index (χ0n) is 10.6. The topological polar surface area (TPSA) is 29.9 Å². The van der Waals surface area contributed by atoms with Crippen molar-refractivity contribution in [1.82, 2.24) is 15.1 Å². The maximum Gasteiger partial charge on any atom is 0.0754 e.